The highest BCUT2D eigenvalue weighted by Gasteiger charge is 2.12. The third-order valence-corrected chi connectivity index (χ3v) is 5.35. The third-order valence-electron chi connectivity index (χ3n) is 4.17. The van der Waals surface area contributed by atoms with Crippen molar-refractivity contribution in [3.63, 3.8) is 0 Å². The molecule has 0 aliphatic carbocycles. The van der Waals surface area contributed by atoms with Gasteiger partial charge in [-0.1, -0.05) is 54.4 Å². The Morgan fingerprint density at radius 3 is 2.22 bits per heavy atom. The molecule has 0 fully saturated rings. The molecule has 1 unspecified atom stereocenters. The summed E-state index contributed by atoms with van der Waals surface area (Å²) in [6.45, 7) is 6.19. The van der Waals surface area contributed by atoms with Gasteiger partial charge in [0.25, 0.3) is 0 Å². The maximum atomic E-state index is 12.5. The second kappa shape index (κ2) is 8.99. The van der Waals surface area contributed by atoms with E-state index in [4.69, 9.17) is 0 Å². The van der Waals surface area contributed by atoms with E-state index in [1.807, 2.05) is 0 Å². The highest BCUT2D eigenvalue weighted by molar-refractivity contribution is 7.58. The zero-order valence-corrected chi connectivity index (χ0v) is 15.5. The van der Waals surface area contributed by atoms with E-state index < -0.39 is 0 Å². The summed E-state index contributed by atoms with van der Waals surface area (Å²) in [4.78, 5) is 12.5. The van der Waals surface area contributed by atoms with E-state index in [-0.39, 0.29) is 0 Å². The molecule has 122 valence electrons. The van der Waals surface area contributed by atoms with E-state index in [9.17, 15) is 4.79 Å². The molecule has 0 saturated carbocycles. The average molecular weight is 326 g/mol. The van der Waals surface area contributed by atoms with Crippen LogP contribution in [-0.2, 0) is 6.42 Å². The molecule has 0 aliphatic heterocycles. The van der Waals surface area contributed by atoms with Crippen molar-refractivity contribution in [2.75, 3.05) is 6.16 Å². The second-order valence-corrected chi connectivity index (χ2v) is 7.63. The second-order valence-electron chi connectivity index (χ2n) is 6.33. The Labute approximate surface area is 142 Å². The smallest absolute Gasteiger partial charge is 0.181 e. The SMILES string of the molecule is Cc1cc(C)c(C(=O)PCCCCCc2ccccc2)c(C)c1. The van der Waals surface area contributed by atoms with Crippen molar-refractivity contribution in [2.45, 2.75) is 46.5 Å². The van der Waals surface area contributed by atoms with Crippen LogP contribution >= 0.6 is 8.58 Å². The fourth-order valence-electron chi connectivity index (χ4n) is 3.10. The molecule has 0 saturated heterocycles. The van der Waals surface area contributed by atoms with Gasteiger partial charge in [0.2, 0.25) is 0 Å². The van der Waals surface area contributed by atoms with Crippen molar-refractivity contribution in [1.29, 1.82) is 0 Å². The predicted octanol–water partition coefficient (Wildman–Crippen LogP) is 5.84. The largest absolute Gasteiger partial charge is 0.289 e. The lowest BCUT2D eigenvalue weighted by Crippen LogP contribution is -2.01. The summed E-state index contributed by atoms with van der Waals surface area (Å²) in [6, 6.07) is 14.9. The van der Waals surface area contributed by atoms with Gasteiger partial charge in [0.15, 0.2) is 5.52 Å². The molecule has 0 amide bonds. The molecule has 2 aromatic carbocycles. The summed E-state index contributed by atoms with van der Waals surface area (Å²) in [5, 5.41) is 0. The Hall–Kier alpha value is -1.46. The van der Waals surface area contributed by atoms with Crippen LogP contribution in [0.4, 0.5) is 0 Å². The molecular weight excluding hydrogens is 299 g/mol. The minimum atomic E-state index is 0.336. The summed E-state index contributed by atoms with van der Waals surface area (Å²) in [7, 11) is 0.412. The minimum Gasteiger partial charge on any atom is -0.289 e. The number of rotatable bonds is 8. The van der Waals surface area contributed by atoms with Crippen molar-refractivity contribution in [3.05, 3.63) is 70.3 Å². The van der Waals surface area contributed by atoms with Gasteiger partial charge in [-0.25, -0.2) is 0 Å². The van der Waals surface area contributed by atoms with Gasteiger partial charge in [0, 0.05) is 5.56 Å². The monoisotopic (exact) mass is 326 g/mol. The van der Waals surface area contributed by atoms with Crippen LogP contribution in [0, 0.1) is 20.8 Å². The molecule has 1 nitrogen and oxygen atoms in total. The normalized spacial score (nSPS) is 11.3. The van der Waals surface area contributed by atoms with Crippen molar-refractivity contribution in [3.8, 4) is 0 Å². The highest BCUT2D eigenvalue weighted by atomic mass is 31.1. The lowest BCUT2D eigenvalue weighted by Gasteiger charge is -2.10. The number of aryl methyl sites for hydroxylation is 4. The summed E-state index contributed by atoms with van der Waals surface area (Å²) >= 11 is 0. The van der Waals surface area contributed by atoms with Crippen LogP contribution in [0.1, 0.15) is 51.9 Å². The van der Waals surface area contributed by atoms with Gasteiger partial charge in [-0.3, -0.25) is 4.79 Å². The van der Waals surface area contributed by atoms with E-state index in [0.29, 0.717) is 14.1 Å². The summed E-state index contributed by atoms with van der Waals surface area (Å²) < 4.78 is 0. The lowest BCUT2D eigenvalue weighted by molar-refractivity contribution is 0.108. The fourth-order valence-corrected chi connectivity index (χ4v) is 4.33. The van der Waals surface area contributed by atoms with Crippen LogP contribution in [0.5, 0.6) is 0 Å². The maximum Gasteiger partial charge on any atom is 0.181 e. The van der Waals surface area contributed by atoms with E-state index in [2.05, 4.69) is 63.2 Å². The molecule has 0 N–H and O–H groups in total. The van der Waals surface area contributed by atoms with Crippen LogP contribution in [0.3, 0.4) is 0 Å². The number of carbonyl (C=O) groups is 1. The van der Waals surface area contributed by atoms with E-state index >= 15 is 0 Å². The van der Waals surface area contributed by atoms with Gasteiger partial charge >= 0.3 is 0 Å². The molecule has 2 rings (SSSR count). The quantitative estimate of drug-likeness (QED) is 0.440. The van der Waals surface area contributed by atoms with Crippen LogP contribution in [0.15, 0.2) is 42.5 Å². The number of hydrogen-bond acceptors (Lipinski definition) is 1. The summed E-state index contributed by atoms with van der Waals surface area (Å²) in [6.07, 6.45) is 5.75. The maximum absolute atomic E-state index is 12.5. The van der Waals surface area contributed by atoms with Crippen LogP contribution < -0.4 is 0 Å². The lowest BCUT2D eigenvalue weighted by atomic mass is 10.0. The topological polar surface area (TPSA) is 17.1 Å². The molecule has 0 radical (unpaired) electrons. The van der Waals surface area contributed by atoms with E-state index in [1.54, 1.807) is 0 Å². The Morgan fingerprint density at radius 1 is 0.913 bits per heavy atom. The molecular formula is C21H27OP. The molecule has 2 heteroatoms. The Morgan fingerprint density at radius 2 is 1.57 bits per heavy atom. The van der Waals surface area contributed by atoms with Gasteiger partial charge < -0.3 is 0 Å². The molecule has 2 aromatic rings. The fraction of sp³-hybridized carbons (Fsp3) is 0.381. The number of hydrogen-bond donors (Lipinski definition) is 0. The van der Waals surface area contributed by atoms with Gasteiger partial charge in [-0.2, -0.15) is 0 Å². The number of benzene rings is 2. The van der Waals surface area contributed by atoms with Crippen molar-refractivity contribution in [1.82, 2.24) is 0 Å². The first-order valence-electron chi connectivity index (χ1n) is 8.48. The Balaban J connectivity index is 1.71. The average Bonchev–Trinajstić information content (AvgIpc) is 2.50. The highest BCUT2D eigenvalue weighted by Crippen LogP contribution is 2.26. The first-order chi connectivity index (χ1) is 11.1. The molecule has 0 aliphatic rings. The van der Waals surface area contributed by atoms with Crippen molar-refractivity contribution >= 4 is 14.1 Å². The zero-order chi connectivity index (χ0) is 16.7. The summed E-state index contributed by atoms with van der Waals surface area (Å²) in [5.74, 6) is 0. The Kier molecular flexibility index (Phi) is 6.99. The van der Waals surface area contributed by atoms with Gasteiger partial charge in [0.05, 0.1) is 0 Å². The summed E-state index contributed by atoms with van der Waals surface area (Å²) in [5.41, 5.74) is 6.20. The van der Waals surface area contributed by atoms with Gasteiger partial charge in [0.1, 0.15) is 0 Å². The molecule has 0 aromatic heterocycles. The first kappa shape index (κ1) is 17.9. The number of unbranched alkanes of at least 4 members (excludes halogenated alkanes) is 2. The van der Waals surface area contributed by atoms with Crippen LogP contribution in [-0.4, -0.2) is 11.7 Å². The molecule has 0 heterocycles. The van der Waals surface area contributed by atoms with Gasteiger partial charge in [-0.05, 0) is 71.5 Å². The molecule has 0 spiro atoms. The van der Waals surface area contributed by atoms with Crippen molar-refractivity contribution < 1.29 is 4.79 Å². The van der Waals surface area contributed by atoms with Crippen LogP contribution in [0.2, 0.25) is 0 Å². The number of carbonyl (C=O) groups excluding carboxylic acids is 1. The third kappa shape index (κ3) is 5.59. The van der Waals surface area contributed by atoms with E-state index in [1.165, 1.54) is 24.0 Å². The minimum absolute atomic E-state index is 0.336. The molecule has 23 heavy (non-hydrogen) atoms. The standard InChI is InChI=1S/C21H27OP/c1-16-14-17(2)20(18(3)15-16)21(22)23-13-9-5-8-12-19-10-6-4-7-11-19/h4,6-7,10-11,14-15,23H,5,8-9,12-13H2,1-3H3. The van der Waals surface area contributed by atoms with Gasteiger partial charge in [-0.15, -0.1) is 0 Å². The molecule has 1 atom stereocenters. The predicted molar refractivity (Wildman–Crippen MR) is 102 cm³/mol. The first-order valence-corrected chi connectivity index (χ1v) is 9.68. The molecule has 0 bridgehead atoms. The Bertz CT molecular complexity index is 623. The van der Waals surface area contributed by atoms with E-state index in [0.717, 1.165) is 35.7 Å². The van der Waals surface area contributed by atoms with Crippen molar-refractivity contribution in [2.24, 2.45) is 0 Å². The zero-order valence-electron chi connectivity index (χ0n) is 14.5. The van der Waals surface area contributed by atoms with Crippen LogP contribution in [0.25, 0.3) is 0 Å².